The molecule has 0 aromatic carbocycles. The maximum Gasteiger partial charge on any atom is 0.341 e. The predicted octanol–water partition coefficient (Wildman–Crippen LogP) is 4.42. The first-order chi connectivity index (χ1) is 10.2. The summed E-state index contributed by atoms with van der Waals surface area (Å²) in [6, 6.07) is 0. The van der Waals surface area contributed by atoms with Crippen molar-refractivity contribution in [2.45, 2.75) is 84.2 Å². The molecule has 1 rings (SSSR count). The molecule has 1 fully saturated rings. The van der Waals surface area contributed by atoms with Gasteiger partial charge in [0.05, 0.1) is 13.2 Å². The Morgan fingerprint density at radius 2 is 1.86 bits per heavy atom. The monoisotopic (exact) mass is 300 g/mol. The molecule has 1 atom stereocenters. The van der Waals surface area contributed by atoms with Crippen LogP contribution in [0.25, 0.3) is 0 Å². The molecule has 0 N–H and O–H groups in total. The largest absolute Gasteiger partial charge is 0.463 e. The summed E-state index contributed by atoms with van der Waals surface area (Å²) in [4.78, 5) is 23.1. The number of esters is 1. The highest BCUT2D eigenvalue weighted by Crippen LogP contribution is 2.28. The number of hydrogen-bond acceptors (Lipinski definition) is 4. The molecule has 1 aliphatic rings. The van der Waals surface area contributed by atoms with E-state index in [0.717, 1.165) is 12.8 Å². The second-order valence-corrected chi connectivity index (χ2v) is 6.04. The van der Waals surface area contributed by atoms with Gasteiger partial charge in [-0.2, -0.15) is 0 Å². The van der Waals surface area contributed by atoms with Gasteiger partial charge in [0.15, 0.2) is 5.60 Å². The fourth-order valence-electron chi connectivity index (χ4n) is 2.87. The first kappa shape index (κ1) is 18.4. The molecule has 0 radical (unpaired) electrons. The molecule has 124 valence electrons. The Bertz CT molecular complexity index is 277. The molecule has 1 aliphatic carbocycles. The third kappa shape index (κ3) is 5.95. The van der Waals surface area contributed by atoms with Crippen molar-refractivity contribution in [3.8, 4) is 0 Å². The topological polar surface area (TPSA) is 44.8 Å². The summed E-state index contributed by atoms with van der Waals surface area (Å²) in [5, 5.41) is 0. The average molecular weight is 300 g/mol. The minimum atomic E-state index is -0.930. The number of ether oxygens (including phenoxy) is 1. The lowest BCUT2D eigenvalue weighted by molar-refractivity contribution is -0.355. The average Bonchev–Trinajstić information content (AvgIpc) is 2.54. The number of carbonyl (C=O) groups is 1. The molecule has 4 heteroatoms. The highest BCUT2D eigenvalue weighted by Gasteiger charge is 2.41. The third-order valence-corrected chi connectivity index (χ3v) is 4.39. The summed E-state index contributed by atoms with van der Waals surface area (Å²) in [6.45, 7) is 6.88. The minimum absolute atomic E-state index is 0.252. The summed E-state index contributed by atoms with van der Waals surface area (Å²) in [5.74, 6) is 0.271. The Labute approximate surface area is 129 Å². The van der Waals surface area contributed by atoms with E-state index in [9.17, 15) is 4.79 Å². The fourth-order valence-corrected chi connectivity index (χ4v) is 2.87. The predicted molar refractivity (Wildman–Crippen MR) is 82.8 cm³/mol. The van der Waals surface area contributed by atoms with Crippen LogP contribution in [0.3, 0.4) is 0 Å². The quantitative estimate of drug-likeness (QED) is 0.340. The summed E-state index contributed by atoms with van der Waals surface area (Å²) in [5.41, 5.74) is -0.930. The van der Waals surface area contributed by atoms with E-state index in [1.807, 2.05) is 13.8 Å². The van der Waals surface area contributed by atoms with Gasteiger partial charge in [0, 0.05) is 0 Å². The van der Waals surface area contributed by atoms with Gasteiger partial charge >= 0.3 is 5.97 Å². The van der Waals surface area contributed by atoms with Gasteiger partial charge in [-0.05, 0) is 38.5 Å². The van der Waals surface area contributed by atoms with Gasteiger partial charge in [0.1, 0.15) is 0 Å². The molecule has 0 heterocycles. The number of hydrogen-bond donors (Lipinski definition) is 0. The molecular formula is C17H32O4. The zero-order valence-corrected chi connectivity index (χ0v) is 14.0. The third-order valence-electron chi connectivity index (χ3n) is 4.39. The molecule has 0 aromatic rings. The zero-order valence-electron chi connectivity index (χ0n) is 14.0. The van der Waals surface area contributed by atoms with E-state index in [1.54, 1.807) is 0 Å². The molecule has 1 unspecified atom stereocenters. The normalized spacial score (nSPS) is 19.2. The van der Waals surface area contributed by atoms with Gasteiger partial charge in [0.25, 0.3) is 0 Å². The number of rotatable bonds is 10. The van der Waals surface area contributed by atoms with Crippen LogP contribution in [0.2, 0.25) is 0 Å². The van der Waals surface area contributed by atoms with Crippen molar-refractivity contribution in [1.29, 1.82) is 0 Å². The van der Waals surface area contributed by atoms with Crippen molar-refractivity contribution in [3.63, 3.8) is 0 Å². The Morgan fingerprint density at radius 1 is 1.14 bits per heavy atom. The van der Waals surface area contributed by atoms with Gasteiger partial charge in [-0.1, -0.05) is 46.0 Å². The smallest absolute Gasteiger partial charge is 0.341 e. The van der Waals surface area contributed by atoms with Crippen molar-refractivity contribution in [2.24, 2.45) is 5.92 Å². The van der Waals surface area contributed by atoms with Crippen molar-refractivity contribution in [3.05, 3.63) is 0 Å². The highest BCUT2D eigenvalue weighted by atomic mass is 17.2. The second-order valence-electron chi connectivity index (χ2n) is 6.04. The van der Waals surface area contributed by atoms with Crippen LogP contribution in [0.4, 0.5) is 0 Å². The van der Waals surface area contributed by atoms with Crippen molar-refractivity contribution in [1.82, 2.24) is 0 Å². The van der Waals surface area contributed by atoms with Gasteiger partial charge in [-0.3, -0.25) is 0 Å². The van der Waals surface area contributed by atoms with Crippen LogP contribution in [-0.2, 0) is 19.3 Å². The Morgan fingerprint density at radius 3 is 2.43 bits per heavy atom. The van der Waals surface area contributed by atoms with Crippen molar-refractivity contribution >= 4 is 5.97 Å². The lowest BCUT2D eigenvalue weighted by Crippen LogP contribution is -2.43. The lowest BCUT2D eigenvalue weighted by atomic mass is 9.90. The van der Waals surface area contributed by atoms with E-state index >= 15 is 0 Å². The molecule has 0 saturated heterocycles. The molecule has 0 spiro atoms. The highest BCUT2D eigenvalue weighted by molar-refractivity contribution is 5.79. The second kappa shape index (κ2) is 10.2. The van der Waals surface area contributed by atoms with Crippen molar-refractivity contribution in [2.75, 3.05) is 13.2 Å². The first-order valence-corrected chi connectivity index (χ1v) is 8.66. The molecule has 0 aromatic heterocycles. The van der Waals surface area contributed by atoms with Gasteiger partial charge in [0.2, 0.25) is 0 Å². The van der Waals surface area contributed by atoms with E-state index in [2.05, 4.69) is 6.92 Å². The summed E-state index contributed by atoms with van der Waals surface area (Å²) in [6.07, 6.45) is 9.36. The van der Waals surface area contributed by atoms with Gasteiger partial charge in [-0.15, -0.1) is 0 Å². The first-order valence-electron chi connectivity index (χ1n) is 8.66. The molecule has 1 saturated carbocycles. The summed E-state index contributed by atoms with van der Waals surface area (Å²) in [7, 11) is 0. The molecule has 21 heavy (non-hydrogen) atoms. The van der Waals surface area contributed by atoms with Crippen LogP contribution in [-0.4, -0.2) is 24.8 Å². The molecule has 4 nitrogen and oxygen atoms in total. The summed E-state index contributed by atoms with van der Waals surface area (Å²) >= 11 is 0. The maximum absolute atomic E-state index is 12.5. The van der Waals surface area contributed by atoms with Crippen LogP contribution in [0, 0.1) is 5.92 Å². The van der Waals surface area contributed by atoms with E-state index < -0.39 is 5.60 Å². The van der Waals surface area contributed by atoms with Gasteiger partial charge in [-0.25, -0.2) is 14.6 Å². The standard InChI is InChI=1S/C17H32O4/c1-4-7-13-17(5-2,21-20-6-3)16(18)19-14-15-11-9-8-10-12-15/h15H,4-14H2,1-3H3. The fraction of sp³-hybridized carbons (Fsp3) is 0.941. The van der Waals surface area contributed by atoms with Gasteiger partial charge < -0.3 is 4.74 Å². The maximum atomic E-state index is 12.5. The lowest BCUT2D eigenvalue weighted by Gasteiger charge is -2.30. The molecule has 0 amide bonds. The number of unbranched alkanes of at least 4 members (excludes halogenated alkanes) is 1. The molecular weight excluding hydrogens is 268 g/mol. The van der Waals surface area contributed by atoms with Crippen LogP contribution in [0.5, 0.6) is 0 Å². The minimum Gasteiger partial charge on any atom is -0.463 e. The SMILES string of the molecule is CCCCC(CC)(OOCC)C(=O)OCC1CCCCC1. The van der Waals surface area contributed by atoms with Crippen molar-refractivity contribution < 1.29 is 19.3 Å². The number of carbonyl (C=O) groups excluding carboxylic acids is 1. The van der Waals surface area contributed by atoms with Crippen LogP contribution in [0.1, 0.15) is 78.6 Å². The van der Waals surface area contributed by atoms with Crippen LogP contribution < -0.4 is 0 Å². The summed E-state index contributed by atoms with van der Waals surface area (Å²) < 4.78 is 5.59. The zero-order chi connectivity index (χ0) is 15.6. The molecule has 0 bridgehead atoms. The van der Waals surface area contributed by atoms with E-state index in [4.69, 9.17) is 14.5 Å². The molecule has 0 aliphatic heterocycles. The van der Waals surface area contributed by atoms with E-state index in [1.165, 1.54) is 32.1 Å². The Hall–Kier alpha value is -0.610. The Balaban J connectivity index is 2.55. The van der Waals surface area contributed by atoms with Crippen LogP contribution in [0.15, 0.2) is 0 Å². The Kier molecular flexibility index (Phi) is 8.93. The van der Waals surface area contributed by atoms with E-state index in [-0.39, 0.29) is 5.97 Å². The van der Waals surface area contributed by atoms with Crippen LogP contribution >= 0.6 is 0 Å². The van der Waals surface area contributed by atoms with E-state index in [0.29, 0.717) is 32.0 Å².